The minimum absolute atomic E-state index is 0.0707. The van der Waals surface area contributed by atoms with Crippen LogP contribution in [0.15, 0.2) is 24.4 Å². The van der Waals surface area contributed by atoms with Gasteiger partial charge in [0, 0.05) is 17.3 Å². The van der Waals surface area contributed by atoms with Crippen molar-refractivity contribution in [1.82, 2.24) is 4.98 Å². The summed E-state index contributed by atoms with van der Waals surface area (Å²) in [4.78, 5) is 13.8. The summed E-state index contributed by atoms with van der Waals surface area (Å²) in [6, 6.07) is 5.85. The predicted molar refractivity (Wildman–Crippen MR) is 92.1 cm³/mol. The molecule has 4 rings (SSSR count). The Bertz CT molecular complexity index is 1070. The van der Waals surface area contributed by atoms with E-state index in [-0.39, 0.29) is 34.1 Å². The van der Waals surface area contributed by atoms with Crippen molar-refractivity contribution >= 4 is 5.97 Å². The number of hydrogen-bond acceptors (Lipinski definition) is 9. The second-order valence-electron chi connectivity index (χ2n) is 6.67. The first-order valence-corrected chi connectivity index (χ1v) is 8.73. The fraction of sp³-hybridized carbons (Fsp3) is 0.333. The first-order chi connectivity index (χ1) is 14.6. The zero-order valence-electron chi connectivity index (χ0n) is 15.2. The number of nitrogens with one attached hydrogen (secondary N) is 1. The molecule has 31 heavy (non-hydrogen) atoms. The lowest BCUT2D eigenvalue weighted by atomic mass is 9.99. The molecule has 0 unspecified atom stereocenters. The summed E-state index contributed by atoms with van der Waals surface area (Å²) < 4.78 is 46.2. The number of rotatable bonds is 4. The summed E-state index contributed by atoms with van der Waals surface area (Å²) in [5.41, 5.74) is -0.0619. The molecule has 164 valence electrons. The van der Waals surface area contributed by atoms with Crippen molar-refractivity contribution in [3.05, 3.63) is 30.0 Å². The highest BCUT2D eigenvalue weighted by Gasteiger charge is 2.49. The maximum atomic E-state index is 13.5. The molecule has 0 radical (unpaired) electrons. The Labute approximate surface area is 171 Å². The fourth-order valence-electron chi connectivity index (χ4n) is 3.27. The Balaban J connectivity index is 1.66. The number of aliphatic hydroxyl groups excluding tert-OH is 3. The molecular formula is C18H14F2N2O9. The van der Waals surface area contributed by atoms with Crippen molar-refractivity contribution in [2.45, 2.75) is 37.0 Å². The Morgan fingerprint density at radius 1 is 1.16 bits per heavy atom. The summed E-state index contributed by atoms with van der Waals surface area (Å²) in [6.45, 7) is 0. The maximum Gasteiger partial charge on any atom is 0.586 e. The van der Waals surface area contributed by atoms with E-state index in [0.717, 1.165) is 0 Å². The quantitative estimate of drug-likeness (QED) is 0.440. The lowest BCUT2D eigenvalue weighted by molar-refractivity contribution is -0.286. The van der Waals surface area contributed by atoms with Gasteiger partial charge in [-0.2, -0.15) is 5.26 Å². The number of benzene rings is 1. The third-order valence-electron chi connectivity index (χ3n) is 4.72. The summed E-state index contributed by atoms with van der Waals surface area (Å²) in [5, 5.41) is 48.4. The topological polar surface area (TPSA) is 174 Å². The Kier molecular flexibility index (Phi) is 4.94. The molecule has 3 heterocycles. The molecule has 0 amide bonds. The van der Waals surface area contributed by atoms with Crippen LogP contribution < -0.4 is 14.2 Å². The van der Waals surface area contributed by atoms with Gasteiger partial charge in [-0.05, 0) is 6.07 Å². The van der Waals surface area contributed by atoms with E-state index in [2.05, 4.69) is 14.5 Å². The predicted octanol–water partition coefficient (Wildman–Crippen LogP) is 0.146. The minimum atomic E-state index is -3.89. The Morgan fingerprint density at radius 3 is 2.58 bits per heavy atom. The van der Waals surface area contributed by atoms with Crippen LogP contribution in [0.4, 0.5) is 8.78 Å². The van der Waals surface area contributed by atoms with Crippen LogP contribution in [0.1, 0.15) is 5.56 Å². The highest BCUT2D eigenvalue weighted by Crippen LogP contribution is 2.48. The van der Waals surface area contributed by atoms with E-state index in [9.17, 15) is 34.2 Å². The average molecular weight is 440 g/mol. The van der Waals surface area contributed by atoms with E-state index in [1.165, 1.54) is 24.4 Å². The largest absolute Gasteiger partial charge is 0.586 e. The highest BCUT2D eigenvalue weighted by molar-refractivity contribution is 5.80. The van der Waals surface area contributed by atoms with Crippen LogP contribution in [0, 0.1) is 11.3 Å². The van der Waals surface area contributed by atoms with E-state index in [0.29, 0.717) is 0 Å². The number of ether oxygens (including phenoxy) is 4. The molecule has 13 heteroatoms. The van der Waals surface area contributed by atoms with Gasteiger partial charge in [0.25, 0.3) is 0 Å². The average Bonchev–Trinajstić information content (AvgIpc) is 3.26. The van der Waals surface area contributed by atoms with Gasteiger partial charge in [-0.3, -0.25) is 0 Å². The Morgan fingerprint density at radius 2 is 1.90 bits per heavy atom. The number of aliphatic hydroxyl groups is 3. The van der Waals surface area contributed by atoms with Crippen LogP contribution in [0.3, 0.4) is 0 Å². The number of para-hydroxylation sites is 1. The van der Waals surface area contributed by atoms with Gasteiger partial charge in [0.05, 0.1) is 0 Å². The maximum absolute atomic E-state index is 13.5. The van der Waals surface area contributed by atoms with Crippen molar-refractivity contribution in [3.63, 3.8) is 0 Å². The fourth-order valence-corrected chi connectivity index (χ4v) is 3.27. The van der Waals surface area contributed by atoms with Gasteiger partial charge in [-0.15, -0.1) is 8.78 Å². The summed E-state index contributed by atoms with van der Waals surface area (Å²) in [7, 11) is 0. The molecule has 2 aliphatic rings. The molecule has 1 aromatic heterocycles. The van der Waals surface area contributed by atoms with Gasteiger partial charge in [0.1, 0.15) is 29.9 Å². The first kappa shape index (κ1) is 20.8. The van der Waals surface area contributed by atoms with Crippen molar-refractivity contribution in [2.24, 2.45) is 0 Å². The number of aromatic amines is 1. The highest BCUT2D eigenvalue weighted by atomic mass is 19.3. The summed E-state index contributed by atoms with van der Waals surface area (Å²) >= 11 is 0. The van der Waals surface area contributed by atoms with Gasteiger partial charge >= 0.3 is 12.3 Å². The van der Waals surface area contributed by atoms with Crippen LogP contribution in [-0.2, 0) is 9.53 Å². The number of aromatic nitrogens is 1. The third-order valence-corrected chi connectivity index (χ3v) is 4.72. The lowest BCUT2D eigenvalue weighted by Gasteiger charge is -2.38. The number of carboxylic acid groups (broad SMARTS) is 1. The van der Waals surface area contributed by atoms with Crippen LogP contribution in [0.2, 0.25) is 0 Å². The molecule has 1 aromatic carbocycles. The number of carboxylic acids is 1. The van der Waals surface area contributed by atoms with Crippen molar-refractivity contribution in [3.8, 4) is 34.6 Å². The molecular weight excluding hydrogens is 426 g/mol. The van der Waals surface area contributed by atoms with E-state index in [1.54, 1.807) is 0 Å². The molecule has 5 atom stereocenters. The third kappa shape index (κ3) is 3.51. The molecule has 2 aromatic rings. The van der Waals surface area contributed by atoms with E-state index in [4.69, 9.17) is 14.6 Å². The van der Waals surface area contributed by atoms with Gasteiger partial charge < -0.3 is 44.4 Å². The second-order valence-corrected chi connectivity index (χ2v) is 6.67. The zero-order valence-corrected chi connectivity index (χ0v) is 15.2. The molecule has 2 aliphatic heterocycles. The van der Waals surface area contributed by atoms with E-state index in [1.807, 2.05) is 6.07 Å². The number of H-pyrrole nitrogens is 1. The van der Waals surface area contributed by atoms with Crippen LogP contribution in [-0.4, -0.2) is 68.4 Å². The smallest absolute Gasteiger partial charge is 0.479 e. The van der Waals surface area contributed by atoms with Gasteiger partial charge in [0.15, 0.2) is 17.6 Å². The first-order valence-electron chi connectivity index (χ1n) is 8.73. The monoisotopic (exact) mass is 440 g/mol. The van der Waals surface area contributed by atoms with Crippen molar-refractivity contribution < 1.29 is 52.9 Å². The molecule has 0 spiro atoms. The van der Waals surface area contributed by atoms with Crippen LogP contribution in [0.5, 0.6) is 17.4 Å². The minimum Gasteiger partial charge on any atom is -0.479 e. The number of halogens is 2. The number of aliphatic carboxylic acids is 1. The summed E-state index contributed by atoms with van der Waals surface area (Å²) in [6.07, 6.45) is -12.0. The number of fused-ring (bicyclic) bond motifs is 1. The van der Waals surface area contributed by atoms with Crippen LogP contribution >= 0.6 is 0 Å². The Hall–Kier alpha value is -3.44. The number of nitriles is 1. The number of hydrogen-bond donors (Lipinski definition) is 5. The SMILES string of the molecule is N#Cc1c(-c2cccc3c2OC(F)(F)O3)c[nH]c1O[C@@H]1O[C@H](C(=O)O)[C@@H](O)[C@H](O)[C@H]1O. The molecule has 5 N–H and O–H groups in total. The van der Waals surface area contributed by atoms with Gasteiger partial charge in [0.2, 0.25) is 12.2 Å². The number of carbonyl (C=O) groups is 1. The second kappa shape index (κ2) is 7.36. The van der Waals surface area contributed by atoms with E-state index < -0.39 is 43.0 Å². The van der Waals surface area contributed by atoms with Crippen LogP contribution in [0.25, 0.3) is 11.1 Å². The molecule has 1 fully saturated rings. The molecule has 1 saturated heterocycles. The summed E-state index contributed by atoms with van der Waals surface area (Å²) in [5.74, 6) is -2.48. The zero-order chi connectivity index (χ0) is 22.5. The van der Waals surface area contributed by atoms with Gasteiger partial charge in [-0.1, -0.05) is 12.1 Å². The van der Waals surface area contributed by atoms with E-state index >= 15 is 0 Å². The lowest BCUT2D eigenvalue weighted by Crippen LogP contribution is -2.61. The normalized spacial score (nSPS) is 28.7. The molecule has 0 bridgehead atoms. The molecule has 0 aliphatic carbocycles. The standard InChI is InChI=1S/C18H14F2N2O9/c19-18(20)30-9-3-1-2-6(13(9)31-18)8-5-22-15(7(8)4-21)29-17-12(25)10(23)11(24)14(28-17)16(26)27/h1-3,5,10-12,14,17,22-25H,(H,26,27)/t10-,11-,12+,14-,17-/m0/s1. The number of nitrogens with zero attached hydrogens (tertiary/aromatic N) is 1. The number of alkyl halides is 2. The van der Waals surface area contributed by atoms with Gasteiger partial charge in [-0.25, -0.2) is 4.79 Å². The van der Waals surface area contributed by atoms with Crippen molar-refractivity contribution in [2.75, 3.05) is 0 Å². The van der Waals surface area contributed by atoms with Crippen molar-refractivity contribution in [1.29, 1.82) is 5.26 Å². The molecule has 0 saturated carbocycles. The molecule has 11 nitrogen and oxygen atoms in total.